The smallest absolute Gasteiger partial charge is 0.237 e. The van der Waals surface area contributed by atoms with Crippen molar-refractivity contribution in [3.8, 4) is 10.7 Å². The van der Waals surface area contributed by atoms with E-state index in [1.54, 1.807) is 4.57 Å². The van der Waals surface area contributed by atoms with Crippen LogP contribution in [-0.4, -0.2) is 43.3 Å². The van der Waals surface area contributed by atoms with Gasteiger partial charge in [0, 0.05) is 12.6 Å². The molecule has 7 nitrogen and oxygen atoms in total. The first-order valence-electron chi connectivity index (χ1n) is 9.17. The highest BCUT2D eigenvalue weighted by Gasteiger charge is 2.21. The first-order chi connectivity index (χ1) is 14.0. The zero-order valence-corrected chi connectivity index (χ0v) is 17.9. The summed E-state index contributed by atoms with van der Waals surface area (Å²) in [6.45, 7) is 4.51. The Labute approximate surface area is 177 Å². The van der Waals surface area contributed by atoms with Crippen molar-refractivity contribution in [2.24, 2.45) is 5.73 Å². The van der Waals surface area contributed by atoms with Gasteiger partial charge < -0.3 is 10.6 Å². The number of primary amides is 1. The third kappa shape index (κ3) is 5.45. The third-order valence-electron chi connectivity index (χ3n) is 4.24. The van der Waals surface area contributed by atoms with Gasteiger partial charge in [0.05, 0.1) is 10.6 Å². The summed E-state index contributed by atoms with van der Waals surface area (Å²) in [6.07, 6.45) is 0. The molecule has 0 saturated heterocycles. The van der Waals surface area contributed by atoms with E-state index in [1.807, 2.05) is 66.6 Å². The largest absolute Gasteiger partial charge is 0.368 e. The molecule has 0 aliphatic carbocycles. The summed E-state index contributed by atoms with van der Waals surface area (Å²) in [6, 6.07) is 13.8. The Morgan fingerprint density at radius 1 is 1.17 bits per heavy atom. The van der Waals surface area contributed by atoms with Gasteiger partial charge in [-0.2, -0.15) is 0 Å². The minimum Gasteiger partial charge on any atom is -0.368 e. The van der Waals surface area contributed by atoms with Gasteiger partial charge in [-0.25, -0.2) is 0 Å². The standard InChI is InChI=1S/C20H23N5O2S2/c1-14(2)24(11-15-7-4-3-5-8-15)18(27)13-29-20-23-22-19(16-9-6-10-28-16)25(20)12-17(21)26/h3-10,14H,11-13H2,1-2H3,(H2,21,26). The molecule has 2 heterocycles. The van der Waals surface area contributed by atoms with E-state index in [9.17, 15) is 9.59 Å². The Balaban J connectivity index is 1.74. The van der Waals surface area contributed by atoms with Crippen molar-refractivity contribution in [2.75, 3.05) is 5.75 Å². The molecular weight excluding hydrogens is 406 g/mol. The zero-order chi connectivity index (χ0) is 20.8. The molecule has 0 radical (unpaired) electrons. The van der Waals surface area contributed by atoms with Crippen molar-refractivity contribution in [1.82, 2.24) is 19.7 Å². The SMILES string of the molecule is CC(C)N(Cc1ccccc1)C(=O)CSc1nnc(-c2cccs2)n1CC(N)=O. The maximum absolute atomic E-state index is 12.9. The van der Waals surface area contributed by atoms with Crippen LogP contribution in [0.2, 0.25) is 0 Å². The lowest BCUT2D eigenvalue weighted by atomic mass is 10.2. The molecule has 0 bridgehead atoms. The monoisotopic (exact) mass is 429 g/mol. The molecule has 0 aliphatic heterocycles. The second-order valence-corrected chi connectivity index (χ2v) is 8.62. The van der Waals surface area contributed by atoms with Crippen molar-refractivity contribution >= 4 is 34.9 Å². The molecule has 3 aromatic rings. The summed E-state index contributed by atoms with van der Waals surface area (Å²) in [5.74, 6) is 0.300. The van der Waals surface area contributed by atoms with Gasteiger partial charge >= 0.3 is 0 Å². The van der Waals surface area contributed by atoms with E-state index in [1.165, 1.54) is 23.1 Å². The van der Waals surface area contributed by atoms with Gasteiger partial charge in [-0.1, -0.05) is 48.2 Å². The first-order valence-corrected chi connectivity index (χ1v) is 11.0. The molecule has 2 amide bonds. The van der Waals surface area contributed by atoms with Crippen LogP contribution >= 0.6 is 23.1 Å². The fraction of sp³-hybridized carbons (Fsp3) is 0.300. The fourth-order valence-corrected chi connectivity index (χ4v) is 4.37. The molecule has 2 N–H and O–H groups in total. The van der Waals surface area contributed by atoms with Crippen LogP contribution in [0.3, 0.4) is 0 Å². The van der Waals surface area contributed by atoms with Crippen molar-refractivity contribution in [3.05, 3.63) is 53.4 Å². The number of carbonyl (C=O) groups excluding carboxylic acids is 2. The predicted molar refractivity (Wildman–Crippen MR) is 115 cm³/mol. The molecule has 0 saturated carbocycles. The Hall–Kier alpha value is -2.65. The van der Waals surface area contributed by atoms with Crippen LogP contribution in [0.15, 0.2) is 53.0 Å². The Morgan fingerprint density at radius 2 is 1.93 bits per heavy atom. The second kappa shape index (κ2) is 9.71. The predicted octanol–water partition coefficient (Wildman–Crippen LogP) is 3.02. The van der Waals surface area contributed by atoms with Gasteiger partial charge in [0.2, 0.25) is 11.8 Å². The highest BCUT2D eigenvalue weighted by atomic mass is 32.2. The summed E-state index contributed by atoms with van der Waals surface area (Å²) in [7, 11) is 0. The fourth-order valence-electron chi connectivity index (χ4n) is 2.83. The summed E-state index contributed by atoms with van der Waals surface area (Å²) < 4.78 is 1.67. The van der Waals surface area contributed by atoms with Crippen LogP contribution in [0.25, 0.3) is 10.7 Å². The molecule has 29 heavy (non-hydrogen) atoms. The lowest BCUT2D eigenvalue weighted by molar-refractivity contribution is -0.130. The first kappa shape index (κ1) is 21.1. The lowest BCUT2D eigenvalue weighted by Crippen LogP contribution is -2.37. The number of benzene rings is 1. The van der Waals surface area contributed by atoms with Crippen LogP contribution in [0.5, 0.6) is 0 Å². The van der Waals surface area contributed by atoms with Gasteiger partial charge in [-0.15, -0.1) is 21.5 Å². The van der Waals surface area contributed by atoms with Crippen LogP contribution in [-0.2, 0) is 22.7 Å². The molecule has 0 aliphatic rings. The Bertz CT molecular complexity index is 955. The van der Waals surface area contributed by atoms with E-state index in [4.69, 9.17) is 5.73 Å². The normalized spacial score (nSPS) is 11.0. The summed E-state index contributed by atoms with van der Waals surface area (Å²) in [4.78, 5) is 27.2. The second-order valence-electron chi connectivity index (χ2n) is 6.73. The number of hydrogen-bond donors (Lipinski definition) is 1. The molecule has 0 spiro atoms. The molecule has 9 heteroatoms. The van der Waals surface area contributed by atoms with E-state index in [2.05, 4.69) is 10.2 Å². The number of nitrogens with two attached hydrogens (primary N) is 1. The maximum atomic E-state index is 12.9. The minimum atomic E-state index is -0.483. The van der Waals surface area contributed by atoms with E-state index in [0.29, 0.717) is 17.5 Å². The number of carbonyl (C=O) groups is 2. The number of hydrogen-bond acceptors (Lipinski definition) is 6. The molecule has 0 unspecified atom stereocenters. The van der Waals surface area contributed by atoms with E-state index >= 15 is 0 Å². The molecule has 2 aromatic heterocycles. The molecule has 0 atom stereocenters. The minimum absolute atomic E-state index is 0.000140. The summed E-state index contributed by atoms with van der Waals surface area (Å²) in [5.41, 5.74) is 6.49. The number of thioether (sulfide) groups is 1. The van der Waals surface area contributed by atoms with Crippen molar-refractivity contribution in [2.45, 2.75) is 38.1 Å². The van der Waals surface area contributed by atoms with Crippen LogP contribution in [0.1, 0.15) is 19.4 Å². The quantitative estimate of drug-likeness (QED) is 0.528. The lowest BCUT2D eigenvalue weighted by Gasteiger charge is -2.26. The average Bonchev–Trinajstić information content (AvgIpc) is 3.34. The molecule has 152 valence electrons. The van der Waals surface area contributed by atoms with Gasteiger partial charge in [0.1, 0.15) is 6.54 Å². The third-order valence-corrected chi connectivity index (χ3v) is 6.05. The highest BCUT2D eigenvalue weighted by molar-refractivity contribution is 7.99. The van der Waals surface area contributed by atoms with Gasteiger partial charge in [-0.3, -0.25) is 14.2 Å². The average molecular weight is 430 g/mol. The van der Waals surface area contributed by atoms with Gasteiger partial charge in [0.25, 0.3) is 0 Å². The molecular formula is C20H23N5O2S2. The molecule has 0 fully saturated rings. The van der Waals surface area contributed by atoms with Crippen LogP contribution < -0.4 is 5.73 Å². The van der Waals surface area contributed by atoms with Crippen molar-refractivity contribution in [1.29, 1.82) is 0 Å². The van der Waals surface area contributed by atoms with E-state index in [-0.39, 0.29) is 24.2 Å². The van der Waals surface area contributed by atoms with E-state index in [0.717, 1.165) is 10.4 Å². The van der Waals surface area contributed by atoms with Crippen LogP contribution in [0, 0.1) is 0 Å². The van der Waals surface area contributed by atoms with Crippen molar-refractivity contribution < 1.29 is 9.59 Å². The van der Waals surface area contributed by atoms with Crippen LogP contribution in [0.4, 0.5) is 0 Å². The van der Waals surface area contributed by atoms with Crippen molar-refractivity contribution in [3.63, 3.8) is 0 Å². The van der Waals surface area contributed by atoms with Gasteiger partial charge in [0.15, 0.2) is 11.0 Å². The zero-order valence-electron chi connectivity index (χ0n) is 16.3. The highest BCUT2D eigenvalue weighted by Crippen LogP contribution is 2.27. The van der Waals surface area contributed by atoms with E-state index < -0.39 is 5.91 Å². The molecule has 1 aromatic carbocycles. The number of nitrogens with zero attached hydrogens (tertiary/aromatic N) is 4. The molecule has 3 rings (SSSR count). The topological polar surface area (TPSA) is 94.1 Å². The number of thiophene rings is 1. The summed E-state index contributed by atoms with van der Waals surface area (Å²) >= 11 is 2.77. The number of rotatable bonds is 9. The maximum Gasteiger partial charge on any atom is 0.237 e. The number of aromatic nitrogens is 3. The number of amides is 2. The Morgan fingerprint density at radius 3 is 2.55 bits per heavy atom. The summed E-state index contributed by atoms with van der Waals surface area (Å²) in [5, 5.41) is 10.8. The van der Waals surface area contributed by atoms with Gasteiger partial charge in [-0.05, 0) is 30.9 Å². The Kier molecular flexibility index (Phi) is 7.05.